The van der Waals surface area contributed by atoms with Crippen LogP contribution in [0.4, 0.5) is 0 Å². The first kappa shape index (κ1) is 16.7. The van der Waals surface area contributed by atoms with Gasteiger partial charge in [-0.2, -0.15) is 4.98 Å². The average Bonchev–Trinajstić information content (AvgIpc) is 3.21. The molecular formula is C15H13N5O4S. The van der Waals surface area contributed by atoms with Crippen LogP contribution < -0.4 is 5.32 Å². The zero-order valence-corrected chi connectivity index (χ0v) is 14.2. The normalized spacial score (nSPS) is 10.6. The molecule has 0 unspecified atom stereocenters. The third-order valence-corrected chi connectivity index (χ3v) is 4.00. The zero-order chi connectivity index (χ0) is 18.0. The molecule has 1 N–H and O–H groups in total. The minimum absolute atomic E-state index is 0.210. The van der Waals surface area contributed by atoms with E-state index in [4.69, 9.17) is 4.74 Å². The van der Waals surface area contributed by atoms with Crippen molar-refractivity contribution in [2.24, 2.45) is 0 Å². The number of amides is 2. The van der Waals surface area contributed by atoms with Gasteiger partial charge in [-0.25, -0.2) is 14.3 Å². The van der Waals surface area contributed by atoms with Gasteiger partial charge in [0.2, 0.25) is 0 Å². The summed E-state index contributed by atoms with van der Waals surface area (Å²) in [5, 5.41) is 7.85. The molecule has 0 aromatic carbocycles. The smallest absolute Gasteiger partial charge is 0.378 e. The van der Waals surface area contributed by atoms with Crippen LogP contribution in [0.1, 0.15) is 31.7 Å². The summed E-state index contributed by atoms with van der Waals surface area (Å²) in [6.07, 6.45) is 0. The van der Waals surface area contributed by atoms with Crippen molar-refractivity contribution in [1.29, 1.82) is 0 Å². The third kappa shape index (κ3) is 3.69. The van der Waals surface area contributed by atoms with Crippen LogP contribution in [0.2, 0.25) is 0 Å². The lowest BCUT2D eigenvalue weighted by molar-refractivity contribution is -0.123. The highest BCUT2D eigenvalue weighted by atomic mass is 32.1. The summed E-state index contributed by atoms with van der Waals surface area (Å²) >= 11 is 1.20. The molecule has 25 heavy (non-hydrogen) atoms. The second-order valence-corrected chi connectivity index (χ2v) is 6.06. The molecule has 0 spiro atoms. The van der Waals surface area contributed by atoms with Gasteiger partial charge >= 0.3 is 5.97 Å². The fourth-order valence-corrected chi connectivity index (χ4v) is 2.70. The number of rotatable bonds is 4. The minimum atomic E-state index is -0.874. The number of carbonyl (C=O) groups is 3. The van der Waals surface area contributed by atoms with Gasteiger partial charge < -0.3 is 4.74 Å². The zero-order valence-electron chi connectivity index (χ0n) is 13.3. The Hall–Kier alpha value is -3.14. The molecular weight excluding hydrogens is 346 g/mol. The summed E-state index contributed by atoms with van der Waals surface area (Å²) in [4.78, 5) is 43.9. The Morgan fingerprint density at radius 2 is 2.08 bits per heavy atom. The van der Waals surface area contributed by atoms with Gasteiger partial charge in [0.05, 0.1) is 4.88 Å². The highest BCUT2D eigenvalue weighted by Crippen LogP contribution is 2.08. The predicted octanol–water partition coefficient (Wildman–Crippen LogP) is 0.916. The molecule has 3 aromatic rings. The Morgan fingerprint density at radius 1 is 1.28 bits per heavy atom. The van der Waals surface area contributed by atoms with Gasteiger partial charge in [0, 0.05) is 11.4 Å². The molecule has 0 aliphatic rings. The number of ether oxygens (including phenoxy) is 1. The van der Waals surface area contributed by atoms with Crippen LogP contribution in [-0.2, 0) is 9.53 Å². The van der Waals surface area contributed by atoms with Gasteiger partial charge in [-0.15, -0.1) is 16.4 Å². The fraction of sp³-hybridized carbons (Fsp3) is 0.200. The Morgan fingerprint density at radius 3 is 2.80 bits per heavy atom. The summed E-state index contributed by atoms with van der Waals surface area (Å²) < 4.78 is 6.25. The lowest BCUT2D eigenvalue weighted by Gasteiger charge is -2.03. The van der Waals surface area contributed by atoms with E-state index in [9.17, 15) is 14.4 Å². The Bertz CT molecular complexity index is 964. The van der Waals surface area contributed by atoms with E-state index in [2.05, 4.69) is 20.4 Å². The van der Waals surface area contributed by atoms with Crippen molar-refractivity contribution in [2.75, 3.05) is 6.61 Å². The number of thiophene rings is 1. The number of nitrogens with one attached hydrogen (secondary N) is 1. The standard InChI is InChI=1S/C15H13N5O4S/c1-8-6-9(2)20-15(16-8)18-12(19-20)14(23)24-7-11(21)17-13(22)10-4-3-5-25-10/h3-6H,7H2,1-2H3,(H,17,21,22). The number of fused-ring (bicyclic) bond motifs is 1. The van der Waals surface area contributed by atoms with E-state index in [1.165, 1.54) is 15.9 Å². The number of hydrogen-bond acceptors (Lipinski definition) is 8. The third-order valence-electron chi connectivity index (χ3n) is 3.13. The van der Waals surface area contributed by atoms with Gasteiger partial charge in [0.25, 0.3) is 23.4 Å². The summed E-state index contributed by atoms with van der Waals surface area (Å²) in [5.41, 5.74) is 1.50. The van der Waals surface area contributed by atoms with E-state index < -0.39 is 24.4 Å². The van der Waals surface area contributed by atoms with E-state index in [-0.39, 0.29) is 11.6 Å². The fourth-order valence-electron chi connectivity index (χ4n) is 2.08. The van der Waals surface area contributed by atoms with Crippen molar-refractivity contribution in [1.82, 2.24) is 24.9 Å². The summed E-state index contributed by atoms with van der Waals surface area (Å²) in [5.74, 6) is -2.10. The molecule has 0 fully saturated rings. The molecule has 0 aliphatic heterocycles. The Labute approximate surface area is 145 Å². The van der Waals surface area contributed by atoms with Crippen LogP contribution in [0.3, 0.4) is 0 Å². The molecule has 0 aliphatic carbocycles. The molecule has 3 rings (SSSR count). The van der Waals surface area contributed by atoms with Crippen molar-refractivity contribution >= 4 is 34.9 Å². The number of imide groups is 1. The van der Waals surface area contributed by atoms with Gasteiger partial charge in [-0.05, 0) is 31.4 Å². The van der Waals surface area contributed by atoms with Crippen molar-refractivity contribution in [3.8, 4) is 0 Å². The second kappa shape index (κ2) is 6.77. The maximum absolute atomic E-state index is 12.0. The highest BCUT2D eigenvalue weighted by Gasteiger charge is 2.19. The first-order valence-electron chi connectivity index (χ1n) is 7.20. The first-order chi connectivity index (χ1) is 11.9. The number of carbonyl (C=O) groups excluding carboxylic acids is 3. The molecule has 3 aromatic heterocycles. The lowest BCUT2D eigenvalue weighted by Crippen LogP contribution is -2.33. The Balaban J connectivity index is 1.62. The quantitative estimate of drug-likeness (QED) is 0.689. The van der Waals surface area contributed by atoms with E-state index in [0.717, 1.165) is 11.4 Å². The van der Waals surface area contributed by atoms with Crippen molar-refractivity contribution in [3.63, 3.8) is 0 Å². The van der Waals surface area contributed by atoms with Crippen LogP contribution in [0, 0.1) is 13.8 Å². The van der Waals surface area contributed by atoms with E-state index >= 15 is 0 Å². The maximum Gasteiger partial charge on any atom is 0.378 e. The molecule has 128 valence electrons. The molecule has 3 heterocycles. The number of aromatic nitrogens is 4. The van der Waals surface area contributed by atoms with Gasteiger partial charge in [0.15, 0.2) is 6.61 Å². The molecule has 0 radical (unpaired) electrons. The van der Waals surface area contributed by atoms with Gasteiger partial charge in [0.1, 0.15) is 0 Å². The summed E-state index contributed by atoms with van der Waals surface area (Å²) in [6, 6.07) is 5.06. The van der Waals surface area contributed by atoms with Crippen molar-refractivity contribution in [2.45, 2.75) is 13.8 Å². The molecule has 0 atom stereocenters. The average molecular weight is 359 g/mol. The second-order valence-electron chi connectivity index (χ2n) is 5.12. The molecule has 0 saturated heterocycles. The van der Waals surface area contributed by atoms with Gasteiger partial charge in [-0.3, -0.25) is 14.9 Å². The minimum Gasteiger partial charge on any atom is -0.450 e. The summed E-state index contributed by atoms with van der Waals surface area (Å²) in [6.45, 7) is 2.99. The summed E-state index contributed by atoms with van der Waals surface area (Å²) in [7, 11) is 0. The van der Waals surface area contributed by atoms with E-state index in [1.807, 2.05) is 0 Å². The topological polar surface area (TPSA) is 116 Å². The van der Waals surface area contributed by atoms with Crippen molar-refractivity contribution < 1.29 is 19.1 Å². The highest BCUT2D eigenvalue weighted by molar-refractivity contribution is 7.12. The number of esters is 1. The van der Waals surface area contributed by atoms with E-state index in [0.29, 0.717) is 4.88 Å². The number of hydrogen-bond donors (Lipinski definition) is 1. The SMILES string of the molecule is Cc1cc(C)n2nc(C(=O)OCC(=O)NC(=O)c3cccs3)nc2n1. The van der Waals surface area contributed by atoms with Crippen LogP contribution >= 0.6 is 11.3 Å². The molecule has 10 heteroatoms. The van der Waals surface area contributed by atoms with E-state index in [1.54, 1.807) is 37.4 Å². The van der Waals surface area contributed by atoms with Crippen LogP contribution in [0.15, 0.2) is 23.6 Å². The van der Waals surface area contributed by atoms with Crippen LogP contribution in [-0.4, -0.2) is 44.0 Å². The van der Waals surface area contributed by atoms with Gasteiger partial charge in [-0.1, -0.05) is 6.07 Å². The largest absolute Gasteiger partial charge is 0.450 e. The monoisotopic (exact) mass is 359 g/mol. The van der Waals surface area contributed by atoms with Crippen molar-refractivity contribution in [3.05, 3.63) is 45.7 Å². The number of nitrogens with zero attached hydrogens (tertiary/aromatic N) is 4. The lowest BCUT2D eigenvalue weighted by atomic mass is 10.4. The molecule has 0 saturated carbocycles. The molecule has 0 bridgehead atoms. The molecule has 2 amide bonds. The molecule has 9 nitrogen and oxygen atoms in total. The Kier molecular flexibility index (Phi) is 4.52. The first-order valence-corrected chi connectivity index (χ1v) is 8.08. The predicted molar refractivity (Wildman–Crippen MR) is 87.3 cm³/mol. The number of aryl methyl sites for hydroxylation is 2. The maximum atomic E-state index is 12.0. The van der Waals surface area contributed by atoms with Crippen LogP contribution in [0.5, 0.6) is 0 Å². The van der Waals surface area contributed by atoms with Crippen LogP contribution in [0.25, 0.3) is 5.78 Å².